The molecule has 0 aliphatic heterocycles. The maximum atomic E-state index is 12.3. The van der Waals surface area contributed by atoms with Gasteiger partial charge in [-0.3, -0.25) is 4.79 Å². The highest BCUT2D eigenvalue weighted by atomic mass is 79.9. The molecule has 0 aromatic rings. The molecule has 2 aliphatic rings. The van der Waals surface area contributed by atoms with Gasteiger partial charge in [0.1, 0.15) is 0 Å². The quantitative estimate of drug-likeness (QED) is 0.698. The number of alkyl halides is 1. The Morgan fingerprint density at radius 1 is 1.15 bits per heavy atom. The van der Waals surface area contributed by atoms with Gasteiger partial charge in [-0.25, -0.2) is 0 Å². The Hall–Kier alpha value is -0.0500. The molecule has 1 amide bonds. The largest absolute Gasteiger partial charge is 0.356 e. The summed E-state index contributed by atoms with van der Waals surface area (Å²) in [6.07, 6.45) is 12.6. The number of amides is 1. The molecule has 20 heavy (non-hydrogen) atoms. The third-order valence-electron chi connectivity index (χ3n) is 5.29. The molecule has 0 heterocycles. The van der Waals surface area contributed by atoms with Gasteiger partial charge in [0.25, 0.3) is 0 Å². The third kappa shape index (κ3) is 4.75. The van der Waals surface area contributed by atoms with Crippen LogP contribution in [0.4, 0.5) is 0 Å². The van der Waals surface area contributed by atoms with E-state index in [2.05, 4.69) is 28.2 Å². The van der Waals surface area contributed by atoms with Crippen molar-refractivity contribution in [3.8, 4) is 0 Å². The van der Waals surface area contributed by atoms with E-state index < -0.39 is 0 Å². The van der Waals surface area contributed by atoms with Crippen LogP contribution in [-0.4, -0.2) is 17.3 Å². The monoisotopic (exact) mass is 343 g/mol. The molecule has 2 fully saturated rings. The van der Waals surface area contributed by atoms with Crippen molar-refractivity contribution in [2.75, 3.05) is 6.54 Å². The van der Waals surface area contributed by atoms with E-state index in [0.29, 0.717) is 22.6 Å². The Kier molecular flexibility index (Phi) is 6.86. The van der Waals surface area contributed by atoms with Gasteiger partial charge in [0.05, 0.1) is 0 Å². The Labute approximate surface area is 132 Å². The van der Waals surface area contributed by atoms with Crippen molar-refractivity contribution in [1.82, 2.24) is 5.32 Å². The van der Waals surface area contributed by atoms with Gasteiger partial charge < -0.3 is 5.32 Å². The molecule has 116 valence electrons. The van der Waals surface area contributed by atoms with Gasteiger partial charge in [0, 0.05) is 17.3 Å². The lowest BCUT2D eigenvalue weighted by molar-refractivity contribution is -0.126. The standard InChI is InChI=1S/C17H30BrNO/c1-2-3-5-13-8-10-14(11-9-13)17(20)19-12-15-6-4-7-16(15)18/h13-16H,2-12H2,1H3,(H,19,20). The van der Waals surface area contributed by atoms with E-state index in [1.807, 2.05) is 0 Å². The molecule has 0 radical (unpaired) electrons. The third-order valence-corrected chi connectivity index (χ3v) is 6.49. The maximum Gasteiger partial charge on any atom is 0.223 e. The normalized spacial score (nSPS) is 34.1. The smallest absolute Gasteiger partial charge is 0.223 e. The fourth-order valence-electron chi connectivity index (χ4n) is 3.80. The zero-order chi connectivity index (χ0) is 14.4. The number of hydrogen-bond acceptors (Lipinski definition) is 1. The molecule has 2 rings (SSSR count). The highest BCUT2D eigenvalue weighted by Gasteiger charge is 2.28. The predicted octanol–water partition coefficient (Wildman–Crippen LogP) is 4.66. The molecule has 0 spiro atoms. The highest BCUT2D eigenvalue weighted by Crippen LogP contribution is 2.33. The van der Waals surface area contributed by atoms with Crippen LogP contribution in [0.2, 0.25) is 0 Å². The predicted molar refractivity (Wildman–Crippen MR) is 88.0 cm³/mol. The van der Waals surface area contributed by atoms with Crippen molar-refractivity contribution in [1.29, 1.82) is 0 Å². The minimum absolute atomic E-state index is 0.294. The molecule has 2 unspecified atom stereocenters. The van der Waals surface area contributed by atoms with E-state index in [9.17, 15) is 4.79 Å². The summed E-state index contributed by atoms with van der Waals surface area (Å²) < 4.78 is 0. The van der Waals surface area contributed by atoms with Crippen molar-refractivity contribution >= 4 is 21.8 Å². The number of carbonyl (C=O) groups excluding carboxylic acids is 1. The van der Waals surface area contributed by atoms with Crippen LogP contribution in [0.1, 0.15) is 71.1 Å². The van der Waals surface area contributed by atoms with Crippen molar-refractivity contribution in [2.45, 2.75) is 76.0 Å². The molecular weight excluding hydrogens is 314 g/mol. The van der Waals surface area contributed by atoms with Crippen molar-refractivity contribution in [3.63, 3.8) is 0 Å². The summed E-state index contributed by atoms with van der Waals surface area (Å²) in [6.45, 7) is 3.14. The zero-order valence-corrected chi connectivity index (χ0v) is 14.5. The zero-order valence-electron chi connectivity index (χ0n) is 12.9. The van der Waals surface area contributed by atoms with Gasteiger partial charge in [-0.15, -0.1) is 0 Å². The summed E-state index contributed by atoms with van der Waals surface area (Å²) in [5.41, 5.74) is 0. The van der Waals surface area contributed by atoms with Crippen molar-refractivity contribution in [3.05, 3.63) is 0 Å². The van der Waals surface area contributed by atoms with E-state index in [1.54, 1.807) is 0 Å². The Morgan fingerprint density at radius 3 is 2.50 bits per heavy atom. The maximum absolute atomic E-state index is 12.3. The number of nitrogens with one attached hydrogen (secondary N) is 1. The molecule has 0 bridgehead atoms. The van der Waals surface area contributed by atoms with E-state index >= 15 is 0 Å². The highest BCUT2D eigenvalue weighted by molar-refractivity contribution is 9.09. The van der Waals surface area contributed by atoms with Gasteiger partial charge >= 0.3 is 0 Å². The SMILES string of the molecule is CCCCC1CCC(C(=O)NCC2CCCC2Br)CC1. The first-order valence-corrected chi connectivity index (χ1v) is 9.54. The van der Waals surface area contributed by atoms with Crippen molar-refractivity contribution in [2.24, 2.45) is 17.8 Å². The van der Waals surface area contributed by atoms with Gasteiger partial charge in [0.15, 0.2) is 0 Å². The lowest BCUT2D eigenvalue weighted by atomic mass is 9.79. The summed E-state index contributed by atoms with van der Waals surface area (Å²) in [5, 5.41) is 3.21. The van der Waals surface area contributed by atoms with Gasteiger partial charge in [-0.1, -0.05) is 48.5 Å². The first kappa shape index (κ1) is 16.3. The van der Waals surface area contributed by atoms with Crippen molar-refractivity contribution < 1.29 is 4.79 Å². The van der Waals surface area contributed by atoms with Crippen LogP contribution in [0.5, 0.6) is 0 Å². The molecule has 2 saturated carbocycles. The summed E-state index contributed by atoms with van der Waals surface area (Å²) in [6, 6.07) is 0. The Balaban J connectivity index is 1.64. The molecule has 0 aromatic heterocycles. The van der Waals surface area contributed by atoms with Gasteiger partial charge in [-0.2, -0.15) is 0 Å². The first-order valence-electron chi connectivity index (χ1n) is 8.62. The average molecular weight is 344 g/mol. The number of hydrogen-bond donors (Lipinski definition) is 1. The number of carbonyl (C=O) groups is 1. The van der Waals surface area contributed by atoms with E-state index in [4.69, 9.17) is 0 Å². The molecule has 2 nitrogen and oxygen atoms in total. The molecule has 3 heteroatoms. The summed E-state index contributed by atoms with van der Waals surface area (Å²) in [7, 11) is 0. The van der Waals surface area contributed by atoms with Crippen LogP contribution in [0.15, 0.2) is 0 Å². The molecule has 0 saturated heterocycles. The van der Waals surface area contributed by atoms with Crippen LogP contribution >= 0.6 is 15.9 Å². The van der Waals surface area contributed by atoms with Crippen LogP contribution in [0.25, 0.3) is 0 Å². The molecule has 0 aromatic carbocycles. The minimum Gasteiger partial charge on any atom is -0.356 e. The van der Waals surface area contributed by atoms with Gasteiger partial charge in [-0.05, 0) is 50.4 Å². The average Bonchev–Trinajstić information content (AvgIpc) is 2.88. The van der Waals surface area contributed by atoms with Crippen LogP contribution < -0.4 is 5.32 Å². The van der Waals surface area contributed by atoms with Gasteiger partial charge in [0.2, 0.25) is 5.91 Å². The lowest BCUT2D eigenvalue weighted by Crippen LogP contribution is -2.37. The summed E-state index contributed by atoms with van der Waals surface area (Å²) in [4.78, 5) is 12.9. The topological polar surface area (TPSA) is 29.1 Å². The van der Waals surface area contributed by atoms with E-state index in [-0.39, 0.29) is 0 Å². The number of unbranched alkanes of at least 4 members (excludes halogenated alkanes) is 1. The van der Waals surface area contributed by atoms with E-state index in [0.717, 1.165) is 25.3 Å². The second-order valence-electron chi connectivity index (χ2n) is 6.81. The second kappa shape index (κ2) is 8.41. The molecule has 1 N–H and O–H groups in total. The molecule has 2 aliphatic carbocycles. The van der Waals surface area contributed by atoms with Crippen LogP contribution in [-0.2, 0) is 4.79 Å². The van der Waals surface area contributed by atoms with E-state index in [1.165, 1.54) is 51.4 Å². The second-order valence-corrected chi connectivity index (χ2v) is 7.99. The Morgan fingerprint density at radius 2 is 1.90 bits per heavy atom. The fourth-order valence-corrected chi connectivity index (χ4v) is 4.58. The minimum atomic E-state index is 0.294. The number of halogens is 1. The lowest BCUT2D eigenvalue weighted by Gasteiger charge is -2.28. The summed E-state index contributed by atoms with van der Waals surface area (Å²) >= 11 is 3.73. The number of rotatable bonds is 6. The Bertz CT molecular complexity index is 299. The fraction of sp³-hybridized carbons (Fsp3) is 0.941. The van der Waals surface area contributed by atoms with Crippen LogP contribution in [0, 0.1) is 17.8 Å². The molecular formula is C17H30BrNO. The molecule has 2 atom stereocenters. The summed E-state index contributed by atoms with van der Waals surface area (Å²) in [5.74, 6) is 2.16. The van der Waals surface area contributed by atoms with Crippen LogP contribution in [0.3, 0.4) is 0 Å². The first-order chi connectivity index (χ1) is 9.70.